The van der Waals surface area contributed by atoms with E-state index in [1.54, 1.807) is 0 Å². The molecule has 142 valence electrons. The minimum Gasteiger partial charge on any atom is -0.379 e. The molecule has 4 nitrogen and oxygen atoms in total. The maximum absolute atomic E-state index is 12.8. The van der Waals surface area contributed by atoms with Crippen LogP contribution < -0.4 is 5.32 Å². The van der Waals surface area contributed by atoms with E-state index in [9.17, 15) is 4.79 Å². The van der Waals surface area contributed by atoms with Gasteiger partial charge in [0.15, 0.2) is 0 Å². The highest BCUT2D eigenvalue weighted by Crippen LogP contribution is 2.28. The van der Waals surface area contributed by atoms with Crippen molar-refractivity contribution in [3.05, 3.63) is 90.0 Å². The summed E-state index contributed by atoms with van der Waals surface area (Å²) in [6, 6.07) is 25.8. The van der Waals surface area contributed by atoms with Gasteiger partial charge < -0.3 is 10.1 Å². The first-order valence-corrected chi connectivity index (χ1v) is 9.64. The van der Waals surface area contributed by atoms with Crippen LogP contribution in [0.2, 0.25) is 0 Å². The lowest BCUT2D eigenvalue weighted by Crippen LogP contribution is -2.35. The van der Waals surface area contributed by atoms with Crippen LogP contribution in [0, 0.1) is 0 Å². The maximum atomic E-state index is 12.8. The molecule has 4 heteroatoms. The second-order valence-corrected chi connectivity index (χ2v) is 6.95. The molecular formula is C24H24N2O2. The predicted octanol–water partition coefficient (Wildman–Crippen LogP) is 4.44. The molecule has 0 saturated carbocycles. The molecule has 1 saturated heterocycles. The normalized spacial score (nSPS) is 14.6. The van der Waals surface area contributed by atoms with Crippen molar-refractivity contribution in [1.82, 2.24) is 4.90 Å². The molecular weight excluding hydrogens is 348 g/mol. The highest BCUT2D eigenvalue weighted by Gasteiger charge is 2.12. The molecule has 1 amide bonds. The number of carbonyl (C=O) groups excluding carboxylic acids is 1. The predicted molar refractivity (Wildman–Crippen MR) is 112 cm³/mol. The van der Waals surface area contributed by atoms with Gasteiger partial charge in [-0.1, -0.05) is 60.7 Å². The van der Waals surface area contributed by atoms with Crippen LogP contribution in [-0.2, 0) is 11.3 Å². The molecule has 4 rings (SSSR count). The Balaban J connectivity index is 1.46. The summed E-state index contributed by atoms with van der Waals surface area (Å²) < 4.78 is 5.39. The van der Waals surface area contributed by atoms with Gasteiger partial charge in [0.2, 0.25) is 0 Å². The molecule has 1 heterocycles. The van der Waals surface area contributed by atoms with Crippen molar-refractivity contribution in [3.8, 4) is 11.1 Å². The molecule has 28 heavy (non-hydrogen) atoms. The third-order valence-corrected chi connectivity index (χ3v) is 4.99. The Labute approximate surface area is 165 Å². The van der Waals surface area contributed by atoms with E-state index in [-0.39, 0.29) is 5.91 Å². The number of nitrogens with one attached hydrogen (secondary N) is 1. The number of morpholine rings is 1. The Morgan fingerprint density at radius 1 is 0.857 bits per heavy atom. The molecule has 1 N–H and O–H groups in total. The molecule has 0 radical (unpaired) electrons. The van der Waals surface area contributed by atoms with E-state index in [0.717, 1.165) is 49.7 Å². The molecule has 0 atom stereocenters. The van der Waals surface area contributed by atoms with Crippen molar-refractivity contribution < 1.29 is 9.53 Å². The third kappa shape index (κ3) is 4.47. The third-order valence-electron chi connectivity index (χ3n) is 4.99. The fourth-order valence-electron chi connectivity index (χ4n) is 3.44. The Hall–Kier alpha value is -2.95. The number of rotatable bonds is 5. The summed E-state index contributed by atoms with van der Waals surface area (Å²) in [7, 11) is 0. The number of amides is 1. The van der Waals surface area contributed by atoms with Gasteiger partial charge in [-0.3, -0.25) is 9.69 Å². The number of nitrogens with zero attached hydrogens (tertiary/aromatic N) is 1. The van der Waals surface area contributed by atoms with Crippen molar-refractivity contribution in [1.29, 1.82) is 0 Å². The molecule has 0 unspecified atom stereocenters. The van der Waals surface area contributed by atoms with Crippen LogP contribution >= 0.6 is 0 Å². The van der Waals surface area contributed by atoms with Crippen molar-refractivity contribution in [2.24, 2.45) is 0 Å². The Bertz CT molecular complexity index is 917. The van der Waals surface area contributed by atoms with Gasteiger partial charge in [-0.15, -0.1) is 0 Å². The van der Waals surface area contributed by atoms with Crippen LogP contribution in [-0.4, -0.2) is 37.1 Å². The van der Waals surface area contributed by atoms with E-state index in [1.807, 2.05) is 78.9 Å². The lowest BCUT2D eigenvalue weighted by atomic mass is 10.0. The monoisotopic (exact) mass is 372 g/mol. The minimum absolute atomic E-state index is 0.0960. The summed E-state index contributed by atoms with van der Waals surface area (Å²) in [5.41, 5.74) is 4.78. The highest BCUT2D eigenvalue weighted by molar-refractivity contribution is 6.06. The summed E-state index contributed by atoms with van der Waals surface area (Å²) in [6.45, 7) is 4.39. The van der Waals surface area contributed by atoms with Crippen LogP contribution in [0.25, 0.3) is 11.1 Å². The standard InChI is InChI=1S/C24H24N2O2/c27-24(21-12-10-19(11-13-21)18-26-14-16-28-17-15-26)25-23-9-5-4-8-22(23)20-6-2-1-3-7-20/h1-13H,14-18H2,(H,25,27). The fourth-order valence-corrected chi connectivity index (χ4v) is 3.44. The number of hydrogen-bond acceptors (Lipinski definition) is 3. The van der Waals surface area contributed by atoms with Gasteiger partial charge in [-0.05, 0) is 29.3 Å². The van der Waals surface area contributed by atoms with Gasteiger partial charge in [-0.2, -0.15) is 0 Å². The molecule has 0 spiro atoms. The zero-order valence-electron chi connectivity index (χ0n) is 15.8. The number of carbonyl (C=O) groups is 1. The van der Waals surface area contributed by atoms with Gasteiger partial charge in [-0.25, -0.2) is 0 Å². The van der Waals surface area contributed by atoms with Crippen LogP contribution in [0.15, 0.2) is 78.9 Å². The second-order valence-electron chi connectivity index (χ2n) is 6.95. The van der Waals surface area contributed by atoms with Gasteiger partial charge in [0.25, 0.3) is 5.91 Å². The average Bonchev–Trinajstić information content (AvgIpc) is 2.76. The number of anilines is 1. The number of ether oxygens (including phenoxy) is 1. The van der Waals surface area contributed by atoms with Crippen molar-refractivity contribution in [3.63, 3.8) is 0 Å². The molecule has 1 aliphatic rings. The largest absolute Gasteiger partial charge is 0.379 e. The average molecular weight is 372 g/mol. The zero-order chi connectivity index (χ0) is 19.2. The van der Waals surface area contributed by atoms with E-state index >= 15 is 0 Å². The smallest absolute Gasteiger partial charge is 0.255 e. The summed E-state index contributed by atoms with van der Waals surface area (Å²) in [5, 5.41) is 3.06. The van der Waals surface area contributed by atoms with Crippen LogP contribution in [0.1, 0.15) is 15.9 Å². The first-order chi connectivity index (χ1) is 13.8. The molecule has 1 aliphatic heterocycles. The number of benzene rings is 3. The summed E-state index contributed by atoms with van der Waals surface area (Å²) in [5.74, 6) is -0.0960. The first-order valence-electron chi connectivity index (χ1n) is 9.64. The van der Waals surface area contributed by atoms with Gasteiger partial charge in [0.1, 0.15) is 0 Å². The van der Waals surface area contributed by atoms with Crippen LogP contribution in [0.4, 0.5) is 5.69 Å². The molecule has 0 bridgehead atoms. The van der Waals surface area contributed by atoms with Gasteiger partial charge in [0.05, 0.1) is 13.2 Å². The SMILES string of the molecule is O=C(Nc1ccccc1-c1ccccc1)c1ccc(CN2CCOCC2)cc1. The van der Waals surface area contributed by atoms with Crippen molar-refractivity contribution in [2.45, 2.75) is 6.54 Å². The van der Waals surface area contributed by atoms with E-state index in [4.69, 9.17) is 4.74 Å². The van der Waals surface area contributed by atoms with E-state index < -0.39 is 0 Å². The Morgan fingerprint density at radius 2 is 1.54 bits per heavy atom. The molecule has 3 aromatic carbocycles. The first kappa shape index (κ1) is 18.4. The van der Waals surface area contributed by atoms with E-state index in [1.165, 1.54) is 5.56 Å². The lowest BCUT2D eigenvalue weighted by molar-refractivity contribution is 0.0342. The van der Waals surface area contributed by atoms with Crippen molar-refractivity contribution >= 4 is 11.6 Å². The molecule has 1 fully saturated rings. The lowest BCUT2D eigenvalue weighted by Gasteiger charge is -2.26. The molecule has 0 aromatic heterocycles. The van der Waals surface area contributed by atoms with Crippen LogP contribution in [0.5, 0.6) is 0 Å². The quantitative estimate of drug-likeness (QED) is 0.720. The fraction of sp³-hybridized carbons (Fsp3) is 0.208. The van der Waals surface area contributed by atoms with Crippen molar-refractivity contribution in [2.75, 3.05) is 31.6 Å². The number of hydrogen-bond donors (Lipinski definition) is 1. The van der Waals surface area contributed by atoms with E-state index in [0.29, 0.717) is 5.56 Å². The van der Waals surface area contributed by atoms with E-state index in [2.05, 4.69) is 10.2 Å². The van der Waals surface area contributed by atoms with Crippen LogP contribution in [0.3, 0.4) is 0 Å². The summed E-state index contributed by atoms with van der Waals surface area (Å²) >= 11 is 0. The zero-order valence-corrected chi connectivity index (χ0v) is 15.8. The van der Waals surface area contributed by atoms with Gasteiger partial charge >= 0.3 is 0 Å². The molecule has 0 aliphatic carbocycles. The minimum atomic E-state index is -0.0960. The highest BCUT2D eigenvalue weighted by atomic mass is 16.5. The van der Waals surface area contributed by atoms with Gasteiger partial charge in [0, 0.05) is 36.4 Å². The topological polar surface area (TPSA) is 41.6 Å². The Kier molecular flexibility index (Phi) is 5.80. The summed E-state index contributed by atoms with van der Waals surface area (Å²) in [4.78, 5) is 15.1. The summed E-state index contributed by atoms with van der Waals surface area (Å²) in [6.07, 6.45) is 0. The maximum Gasteiger partial charge on any atom is 0.255 e. The Morgan fingerprint density at radius 3 is 2.29 bits per heavy atom. The second kappa shape index (κ2) is 8.83. The molecule has 3 aromatic rings. The number of para-hydroxylation sites is 1.